The Morgan fingerprint density at radius 3 is 2.04 bits per heavy atom. The normalized spacial score (nSPS) is 11.1. The summed E-state index contributed by atoms with van der Waals surface area (Å²) in [6, 6.07) is 23.7. The van der Waals surface area contributed by atoms with E-state index in [1.165, 1.54) is 40.8 Å². The summed E-state index contributed by atoms with van der Waals surface area (Å²) in [5.41, 5.74) is 7.47. The van der Waals surface area contributed by atoms with Gasteiger partial charge in [-0.2, -0.15) is 0 Å². The van der Waals surface area contributed by atoms with Gasteiger partial charge in [-0.15, -0.1) is 0 Å². The summed E-state index contributed by atoms with van der Waals surface area (Å²) in [5.74, 6) is 0.606. The Kier molecular flexibility index (Phi) is 6.22. The highest BCUT2D eigenvalue weighted by Gasteiger charge is 2.15. The van der Waals surface area contributed by atoms with E-state index in [0.717, 1.165) is 18.5 Å². The number of rotatable bonds is 7. The summed E-state index contributed by atoms with van der Waals surface area (Å²) < 4.78 is 0. The molecule has 0 aliphatic carbocycles. The minimum Gasteiger partial charge on any atom is -0.252 e. The lowest BCUT2D eigenvalue weighted by Crippen LogP contribution is -2.06. The second-order valence-corrected chi connectivity index (χ2v) is 7.42. The summed E-state index contributed by atoms with van der Waals surface area (Å²) >= 11 is 0. The zero-order chi connectivity index (χ0) is 18.4. The molecule has 0 saturated heterocycles. The first kappa shape index (κ1) is 18.4. The van der Waals surface area contributed by atoms with E-state index < -0.39 is 0 Å². The zero-order valence-corrected chi connectivity index (χ0v) is 16.2. The Hall–Kier alpha value is -2.41. The van der Waals surface area contributed by atoms with E-state index in [9.17, 15) is 0 Å². The van der Waals surface area contributed by atoms with Crippen molar-refractivity contribution in [1.29, 1.82) is 0 Å². The van der Waals surface area contributed by atoms with E-state index in [2.05, 4.69) is 87.5 Å². The van der Waals surface area contributed by atoms with E-state index in [4.69, 9.17) is 4.98 Å². The number of aryl methyl sites for hydroxylation is 1. The molecule has 2 aromatic carbocycles. The number of nitrogens with zero attached hydrogens (tertiary/aromatic N) is 1. The SMILES string of the molecule is CCCCc1cc(-c2ccccc2)c(-c2ccccc2)nc1CC(C)C. The van der Waals surface area contributed by atoms with Crippen LogP contribution in [0.15, 0.2) is 66.7 Å². The molecular formula is C25H29N. The van der Waals surface area contributed by atoms with Crippen molar-refractivity contribution in [3.05, 3.63) is 78.0 Å². The van der Waals surface area contributed by atoms with Gasteiger partial charge in [-0.1, -0.05) is 87.9 Å². The standard InChI is InChI=1S/C25H29N/c1-4-5-12-22-18-23(20-13-8-6-9-14-20)25(21-15-10-7-11-16-21)26-24(22)17-19(2)3/h6-11,13-16,18-19H,4-5,12,17H2,1-3H3. The van der Waals surface area contributed by atoms with Crippen molar-refractivity contribution in [3.8, 4) is 22.4 Å². The summed E-state index contributed by atoms with van der Waals surface area (Å²) in [4.78, 5) is 5.21. The fourth-order valence-electron chi connectivity index (χ4n) is 3.39. The molecular weight excluding hydrogens is 314 g/mol. The van der Waals surface area contributed by atoms with Crippen LogP contribution in [0, 0.1) is 5.92 Å². The van der Waals surface area contributed by atoms with Gasteiger partial charge in [-0.3, -0.25) is 4.98 Å². The molecule has 3 rings (SSSR count). The van der Waals surface area contributed by atoms with Crippen LogP contribution in [0.2, 0.25) is 0 Å². The maximum absolute atomic E-state index is 5.21. The van der Waals surface area contributed by atoms with Crippen LogP contribution < -0.4 is 0 Å². The highest BCUT2D eigenvalue weighted by atomic mass is 14.7. The fourth-order valence-corrected chi connectivity index (χ4v) is 3.39. The largest absolute Gasteiger partial charge is 0.252 e. The minimum atomic E-state index is 0.606. The Balaban J connectivity index is 2.19. The average molecular weight is 344 g/mol. The molecule has 134 valence electrons. The Labute approximate surface area is 158 Å². The van der Waals surface area contributed by atoms with Crippen molar-refractivity contribution in [3.63, 3.8) is 0 Å². The summed E-state index contributed by atoms with van der Waals surface area (Å²) in [5, 5.41) is 0. The van der Waals surface area contributed by atoms with Crippen LogP contribution in [0.1, 0.15) is 44.9 Å². The molecule has 0 radical (unpaired) electrons. The number of hydrogen-bond acceptors (Lipinski definition) is 1. The molecule has 0 unspecified atom stereocenters. The highest BCUT2D eigenvalue weighted by Crippen LogP contribution is 2.33. The summed E-state index contributed by atoms with van der Waals surface area (Å²) in [7, 11) is 0. The Morgan fingerprint density at radius 2 is 1.46 bits per heavy atom. The van der Waals surface area contributed by atoms with Gasteiger partial charge in [-0.25, -0.2) is 0 Å². The number of benzene rings is 2. The summed E-state index contributed by atoms with van der Waals surface area (Å²) in [6.07, 6.45) is 4.57. The van der Waals surface area contributed by atoms with Crippen LogP contribution in [0.4, 0.5) is 0 Å². The molecule has 1 heterocycles. The molecule has 1 aromatic heterocycles. The second-order valence-electron chi connectivity index (χ2n) is 7.42. The number of hydrogen-bond donors (Lipinski definition) is 0. The third kappa shape index (κ3) is 4.40. The van der Waals surface area contributed by atoms with Crippen molar-refractivity contribution >= 4 is 0 Å². The average Bonchev–Trinajstić information content (AvgIpc) is 2.67. The van der Waals surface area contributed by atoms with Crippen molar-refractivity contribution in [2.24, 2.45) is 5.92 Å². The second kappa shape index (κ2) is 8.80. The molecule has 0 saturated carbocycles. The van der Waals surface area contributed by atoms with Crippen LogP contribution >= 0.6 is 0 Å². The van der Waals surface area contributed by atoms with E-state index >= 15 is 0 Å². The molecule has 1 heteroatoms. The first-order valence-corrected chi connectivity index (χ1v) is 9.82. The molecule has 0 aliphatic heterocycles. The molecule has 0 fully saturated rings. The van der Waals surface area contributed by atoms with Gasteiger partial charge in [0.05, 0.1) is 5.69 Å². The lowest BCUT2D eigenvalue weighted by Gasteiger charge is -2.17. The molecule has 26 heavy (non-hydrogen) atoms. The highest BCUT2D eigenvalue weighted by molar-refractivity contribution is 5.81. The molecule has 0 amide bonds. The van der Waals surface area contributed by atoms with E-state index in [0.29, 0.717) is 5.92 Å². The third-order valence-electron chi connectivity index (χ3n) is 4.72. The van der Waals surface area contributed by atoms with Gasteiger partial charge in [-0.05, 0) is 42.4 Å². The molecule has 0 spiro atoms. The lowest BCUT2D eigenvalue weighted by molar-refractivity contribution is 0.627. The molecule has 0 bridgehead atoms. The first-order chi connectivity index (χ1) is 12.7. The van der Waals surface area contributed by atoms with Gasteiger partial charge in [0.1, 0.15) is 0 Å². The molecule has 0 N–H and O–H groups in total. The van der Waals surface area contributed by atoms with Crippen LogP contribution in [0.25, 0.3) is 22.4 Å². The monoisotopic (exact) mass is 343 g/mol. The first-order valence-electron chi connectivity index (χ1n) is 9.82. The van der Waals surface area contributed by atoms with Crippen molar-refractivity contribution in [1.82, 2.24) is 4.98 Å². The number of pyridine rings is 1. The maximum Gasteiger partial charge on any atom is 0.0783 e. The zero-order valence-electron chi connectivity index (χ0n) is 16.2. The third-order valence-corrected chi connectivity index (χ3v) is 4.72. The predicted molar refractivity (Wildman–Crippen MR) is 112 cm³/mol. The van der Waals surface area contributed by atoms with Gasteiger partial charge < -0.3 is 0 Å². The Bertz CT molecular complexity index is 820. The smallest absolute Gasteiger partial charge is 0.0783 e. The van der Waals surface area contributed by atoms with Gasteiger partial charge in [0.15, 0.2) is 0 Å². The topological polar surface area (TPSA) is 12.9 Å². The van der Waals surface area contributed by atoms with Gasteiger partial charge in [0.2, 0.25) is 0 Å². The lowest BCUT2D eigenvalue weighted by atomic mass is 9.92. The minimum absolute atomic E-state index is 0.606. The van der Waals surface area contributed by atoms with E-state index in [-0.39, 0.29) is 0 Å². The quantitative estimate of drug-likeness (QED) is 0.452. The van der Waals surface area contributed by atoms with Crippen molar-refractivity contribution < 1.29 is 0 Å². The van der Waals surface area contributed by atoms with Gasteiger partial charge in [0.25, 0.3) is 0 Å². The number of aromatic nitrogens is 1. The van der Waals surface area contributed by atoms with Crippen molar-refractivity contribution in [2.75, 3.05) is 0 Å². The van der Waals surface area contributed by atoms with Gasteiger partial charge in [0, 0.05) is 16.8 Å². The molecule has 1 nitrogen and oxygen atoms in total. The maximum atomic E-state index is 5.21. The molecule has 0 aliphatic rings. The van der Waals surface area contributed by atoms with Crippen LogP contribution in [-0.2, 0) is 12.8 Å². The van der Waals surface area contributed by atoms with Gasteiger partial charge >= 0.3 is 0 Å². The Morgan fingerprint density at radius 1 is 0.846 bits per heavy atom. The van der Waals surface area contributed by atoms with E-state index in [1.54, 1.807) is 0 Å². The van der Waals surface area contributed by atoms with E-state index in [1.807, 2.05) is 0 Å². The predicted octanol–water partition coefficient (Wildman–Crippen LogP) is 6.96. The fraction of sp³-hybridized carbons (Fsp3) is 0.320. The van der Waals surface area contributed by atoms with Crippen LogP contribution in [0.3, 0.4) is 0 Å². The number of unbranched alkanes of at least 4 members (excludes halogenated alkanes) is 1. The molecule has 0 atom stereocenters. The molecule has 3 aromatic rings. The summed E-state index contributed by atoms with van der Waals surface area (Å²) in [6.45, 7) is 6.81. The van der Waals surface area contributed by atoms with Crippen LogP contribution in [-0.4, -0.2) is 4.98 Å². The van der Waals surface area contributed by atoms with Crippen molar-refractivity contribution in [2.45, 2.75) is 46.5 Å². The van der Waals surface area contributed by atoms with Crippen LogP contribution in [0.5, 0.6) is 0 Å².